The van der Waals surface area contributed by atoms with Gasteiger partial charge in [-0.15, -0.1) is 0 Å². The Balaban J connectivity index is 1.90. The van der Waals surface area contributed by atoms with Gasteiger partial charge in [-0.2, -0.15) is 0 Å². The highest BCUT2D eigenvalue weighted by Crippen LogP contribution is 2.29. The minimum Gasteiger partial charge on any atom is -0.388 e. The molecule has 1 saturated carbocycles. The second-order valence-corrected chi connectivity index (χ2v) is 7.21. The van der Waals surface area contributed by atoms with Crippen molar-refractivity contribution in [1.29, 1.82) is 0 Å². The minimum atomic E-state index is -0.483. The molecule has 4 heteroatoms. The highest BCUT2D eigenvalue weighted by atomic mass is 79.9. The number of nitrogens with zero attached hydrogens (tertiary/aromatic N) is 1. The Morgan fingerprint density at radius 2 is 2.05 bits per heavy atom. The van der Waals surface area contributed by atoms with Gasteiger partial charge in [-0.25, -0.2) is 0 Å². The van der Waals surface area contributed by atoms with Crippen molar-refractivity contribution in [2.45, 2.75) is 57.6 Å². The summed E-state index contributed by atoms with van der Waals surface area (Å²) in [5.41, 5.74) is 0.833. The van der Waals surface area contributed by atoms with Crippen molar-refractivity contribution in [3.63, 3.8) is 0 Å². The molecule has 1 aliphatic carbocycles. The summed E-state index contributed by atoms with van der Waals surface area (Å²) >= 11 is 9.62. The molecule has 0 bridgehead atoms. The lowest BCUT2D eigenvalue weighted by Gasteiger charge is -2.34. The lowest BCUT2D eigenvalue weighted by Crippen LogP contribution is -2.37. The van der Waals surface area contributed by atoms with Crippen LogP contribution in [0.15, 0.2) is 22.7 Å². The molecule has 2 rings (SSSR count). The van der Waals surface area contributed by atoms with Gasteiger partial charge in [0.1, 0.15) is 0 Å². The first-order chi connectivity index (χ1) is 10.1. The van der Waals surface area contributed by atoms with Crippen LogP contribution >= 0.6 is 27.5 Å². The Morgan fingerprint density at radius 1 is 1.33 bits per heavy atom. The van der Waals surface area contributed by atoms with E-state index in [4.69, 9.17) is 11.6 Å². The van der Waals surface area contributed by atoms with Crippen molar-refractivity contribution in [1.82, 2.24) is 4.90 Å². The van der Waals surface area contributed by atoms with E-state index in [1.807, 2.05) is 18.2 Å². The van der Waals surface area contributed by atoms with E-state index >= 15 is 0 Å². The minimum absolute atomic E-state index is 0.483. The third-order valence-corrected chi connectivity index (χ3v) is 5.33. The SMILES string of the molecule is CCN(CCC(O)c1ccc(Br)cc1Cl)C1CCCCC1. The summed E-state index contributed by atoms with van der Waals surface area (Å²) < 4.78 is 0.945. The fourth-order valence-electron chi connectivity index (χ4n) is 3.26. The molecule has 0 amide bonds. The molecule has 1 aromatic carbocycles. The molecule has 0 heterocycles. The molecule has 1 unspecified atom stereocenters. The molecule has 1 N–H and O–H groups in total. The normalized spacial score (nSPS) is 18.1. The zero-order valence-corrected chi connectivity index (χ0v) is 15.0. The van der Waals surface area contributed by atoms with Crippen LogP contribution in [0.5, 0.6) is 0 Å². The van der Waals surface area contributed by atoms with Crippen LogP contribution in [0.1, 0.15) is 57.1 Å². The highest BCUT2D eigenvalue weighted by Gasteiger charge is 2.21. The molecule has 1 fully saturated rings. The standard InChI is InChI=1S/C17H25BrClNO/c1-2-20(14-6-4-3-5-7-14)11-10-17(21)15-9-8-13(18)12-16(15)19/h8-9,12,14,17,21H,2-7,10-11H2,1H3. The molecule has 0 aromatic heterocycles. The van der Waals surface area contributed by atoms with Crippen LogP contribution in [0.3, 0.4) is 0 Å². The smallest absolute Gasteiger partial charge is 0.0816 e. The van der Waals surface area contributed by atoms with Crippen LogP contribution in [0.4, 0.5) is 0 Å². The lowest BCUT2D eigenvalue weighted by atomic mass is 9.94. The van der Waals surface area contributed by atoms with Gasteiger partial charge in [-0.3, -0.25) is 0 Å². The van der Waals surface area contributed by atoms with Crippen LogP contribution in [-0.2, 0) is 0 Å². The van der Waals surface area contributed by atoms with Crippen molar-refractivity contribution < 1.29 is 5.11 Å². The molecular formula is C17H25BrClNO. The molecule has 0 saturated heterocycles. The summed E-state index contributed by atoms with van der Waals surface area (Å²) in [6.45, 7) is 4.22. The fraction of sp³-hybridized carbons (Fsp3) is 0.647. The van der Waals surface area contributed by atoms with Crippen LogP contribution in [0, 0.1) is 0 Å². The molecular weight excluding hydrogens is 350 g/mol. The Morgan fingerprint density at radius 3 is 2.67 bits per heavy atom. The maximum Gasteiger partial charge on any atom is 0.0816 e. The van der Waals surface area contributed by atoms with Crippen molar-refractivity contribution in [3.05, 3.63) is 33.3 Å². The second-order valence-electron chi connectivity index (χ2n) is 5.89. The monoisotopic (exact) mass is 373 g/mol. The Labute approximate surface area is 141 Å². The first kappa shape index (κ1) is 17.3. The fourth-order valence-corrected chi connectivity index (χ4v) is 4.06. The zero-order valence-electron chi connectivity index (χ0n) is 12.7. The quantitative estimate of drug-likeness (QED) is 0.741. The Bertz CT molecular complexity index is 448. The number of aliphatic hydroxyl groups excluding tert-OH is 1. The van der Waals surface area contributed by atoms with E-state index in [9.17, 15) is 5.11 Å². The molecule has 2 nitrogen and oxygen atoms in total. The number of benzene rings is 1. The average Bonchev–Trinajstić information content (AvgIpc) is 2.48. The van der Waals surface area contributed by atoms with Gasteiger partial charge in [0.15, 0.2) is 0 Å². The van der Waals surface area contributed by atoms with Crippen LogP contribution in [0.25, 0.3) is 0 Å². The van der Waals surface area contributed by atoms with Crippen molar-refractivity contribution >= 4 is 27.5 Å². The van der Waals surface area contributed by atoms with Crippen LogP contribution in [-0.4, -0.2) is 29.1 Å². The maximum absolute atomic E-state index is 10.4. The molecule has 1 aromatic rings. The van der Waals surface area contributed by atoms with E-state index in [1.54, 1.807) is 0 Å². The van der Waals surface area contributed by atoms with E-state index < -0.39 is 6.10 Å². The molecule has 0 aliphatic heterocycles. The van der Waals surface area contributed by atoms with Gasteiger partial charge in [0.05, 0.1) is 6.10 Å². The summed E-state index contributed by atoms with van der Waals surface area (Å²) in [7, 11) is 0. The molecule has 1 aliphatic rings. The van der Waals surface area contributed by atoms with E-state index in [-0.39, 0.29) is 0 Å². The molecule has 1 atom stereocenters. The van der Waals surface area contributed by atoms with E-state index in [2.05, 4.69) is 27.8 Å². The number of hydrogen-bond acceptors (Lipinski definition) is 2. The van der Waals surface area contributed by atoms with Crippen molar-refractivity contribution in [2.75, 3.05) is 13.1 Å². The second kappa shape index (κ2) is 8.52. The Hall–Kier alpha value is -0.0900. The maximum atomic E-state index is 10.4. The third kappa shape index (κ3) is 4.95. The van der Waals surface area contributed by atoms with Gasteiger partial charge in [0.2, 0.25) is 0 Å². The summed E-state index contributed by atoms with van der Waals surface area (Å²) in [4.78, 5) is 2.52. The van der Waals surface area contributed by atoms with Gasteiger partial charge >= 0.3 is 0 Å². The first-order valence-electron chi connectivity index (χ1n) is 7.99. The number of hydrogen-bond donors (Lipinski definition) is 1. The highest BCUT2D eigenvalue weighted by molar-refractivity contribution is 9.10. The van der Waals surface area contributed by atoms with Crippen LogP contribution < -0.4 is 0 Å². The predicted octanol–water partition coefficient (Wildman–Crippen LogP) is 5.18. The molecule has 21 heavy (non-hydrogen) atoms. The summed E-state index contributed by atoms with van der Waals surface area (Å²) in [6, 6.07) is 6.40. The third-order valence-electron chi connectivity index (χ3n) is 4.51. The largest absolute Gasteiger partial charge is 0.388 e. The van der Waals surface area contributed by atoms with E-state index in [1.165, 1.54) is 32.1 Å². The zero-order chi connectivity index (χ0) is 15.2. The van der Waals surface area contributed by atoms with Gasteiger partial charge in [0, 0.05) is 22.1 Å². The topological polar surface area (TPSA) is 23.5 Å². The van der Waals surface area contributed by atoms with Crippen molar-refractivity contribution in [2.24, 2.45) is 0 Å². The first-order valence-corrected chi connectivity index (χ1v) is 9.16. The number of aliphatic hydroxyl groups is 1. The van der Waals surface area contributed by atoms with Gasteiger partial charge in [0.25, 0.3) is 0 Å². The van der Waals surface area contributed by atoms with Gasteiger partial charge in [-0.1, -0.05) is 59.8 Å². The molecule has 0 spiro atoms. The number of rotatable bonds is 6. The molecule has 118 valence electrons. The summed E-state index contributed by atoms with van der Waals surface area (Å²) in [5, 5.41) is 11.0. The van der Waals surface area contributed by atoms with E-state index in [0.717, 1.165) is 29.5 Å². The molecule has 0 radical (unpaired) electrons. The van der Waals surface area contributed by atoms with Gasteiger partial charge < -0.3 is 10.0 Å². The average molecular weight is 375 g/mol. The van der Waals surface area contributed by atoms with Crippen molar-refractivity contribution in [3.8, 4) is 0 Å². The van der Waals surface area contributed by atoms with E-state index in [0.29, 0.717) is 11.1 Å². The lowest BCUT2D eigenvalue weighted by molar-refractivity contribution is 0.112. The number of halogens is 2. The summed E-state index contributed by atoms with van der Waals surface area (Å²) in [5.74, 6) is 0. The van der Waals surface area contributed by atoms with Gasteiger partial charge in [-0.05, 0) is 43.5 Å². The Kier molecular flexibility index (Phi) is 7.00. The summed E-state index contributed by atoms with van der Waals surface area (Å²) in [6.07, 6.45) is 6.95. The van der Waals surface area contributed by atoms with Crippen LogP contribution in [0.2, 0.25) is 5.02 Å². The predicted molar refractivity (Wildman–Crippen MR) is 92.8 cm³/mol.